The Balaban J connectivity index is 0.833. The van der Waals surface area contributed by atoms with Gasteiger partial charge in [-0.2, -0.15) is 0 Å². The average molecular weight is 1100 g/mol. The van der Waals surface area contributed by atoms with Crippen molar-refractivity contribution < 1.29 is 4.74 Å². The van der Waals surface area contributed by atoms with Crippen LogP contribution in [0.2, 0.25) is 0 Å². The number of rotatable bonds is 18. The highest BCUT2D eigenvalue weighted by atomic mass is 16.5. The summed E-state index contributed by atoms with van der Waals surface area (Å²) in [6.45, 7) is 15.7. The lowest BCUT2D eigenvalue weighted by Crippen LogP contribution is -2.38. The molecule has 422 valence electrons. The highest BCUT2D eigenvalue weighted by molar-refractivity contribution is 5.88. The molecule has 1 saturated heterocycles. The van der Waals surface area contributed by atoms with Gasteiger partial charge in [0.15, 0.2) is 0 Å². The molecule has 6 aromatic carbocycles. The topological polar surface area (TPSA) is 15.7 Å². The van der Waals surface area contributed by atoms with Gasteiger partial charge in [-0.1, -0.05) is 241 Å². The molecule has 13 rings (SSSR count). The Morgan fingerprint density at radius 1 is 0.655 bits per heavy atom. The third kappa shape index (κ3) is 10.8. The van der Waals surface area contributed by atoms with E-state index in [1.54, 1.807) is 5.57 Å². The van der Waals surface area contributed by atoms with E-state index in [0.717, 1.165) is 87.9 Å². The van der Waals surface area contributed by atoms with E-state index in [9.17, 15) is 0 Å². The summed E-state index contributed by atoms with van der Waals surface area (Å²) in [6.07, 6.45) is 47.0. The molecule has 0 aromatic heterocycles. The molecule has 0 bridgehead atoms. The minimum Gasteiger partial charge on any atom is -0.374 e. The molecule has 1 heterocycles. The first kappa shape index (κ1) is 55.2. The first-order valence-electron chi connectivity index (χ1n) is 31.4. The SMILES string of the molecule is C=CC1=CCC(OCCCCCCC2(c3ccccc3)c3ccccc3-c3ccc(N(c4ccc(C5=CC6C7CC(C8=CCC(C=C)CC8)=CC=C7N(C7C=CC=CC7)C6C=C5)cc4)c4ccc(-c5ccc(C(C)(C)C)cc5)cc4)cc32)C=C1. The summed E-state index contributed by atoms with van der Waals surface area (Å²) in [7, 11) is 0. The molecule has 7 unspecified atom stereocenters. The van der Waals surface area contributed by atoms with E-state index in [4.69, 9.17) is 4.74 Å². The normalized spacial score (nSPS) is 23.8. The van der Waals surface area contributed by atoms with Crippen molar-refractivity contribution in [3.05, 3.63) is 300 Å². The maximum atomic E-state index is 6.32. The van der Waals surface area contributed by atoms with E-state index in [1.165, 1.54) is 78.9 Å². The molecule has 84 heavy (non-hydrogen) atoms. The van der Waals surface area contributed by atoms with E-state index < -0.39 is 0 Å². The minimum atomic E-state index is -0.316. The molecule has 0 radical (unpaired) electrons. The summed E-state index contributed by atoms with van der Waals surface area (Å²) < 4.78 is 6.32. The van der Waals surface area contributed by atoms with Crippen LogP contribution in [0.5, 0.6) is 0 Å². The van der Waals surface area contributed by atoms with Gasteiger partial charge in [0.25, 0.3) is 0 Å². The van der Waals surface area contributed by atoms with Crippen molar-refractivity contribution in [1.29, 1.82) is 0 Å². The number of unbranched alkanes of at least 4 members (excludes halogenated alkanes) is 3. The molecule has 7 atom stereocenters. The Morgan fingerprint density at radius 3 is 2.08 bits per heavy atom. The summed E-state index contributed by atoms with van der Waals surface area (Å²) >= 11 is 0. The van der Waals surface area contributed by atoms with Crippen LogP contribution in [0, 0.1) is 17.8 Å². The van der Waals surface area contributed by atoms with Gasteiger partial charge in [-0.25, -0.2) is 0 Å². The van der Waals surface area contributed by atoms with Crippen molar-refractivity contribution in [3.8, 4) is 22.3 Å². The maximum Gasteiger partial charge on any atom is 0.0793 e. The Kier molecular flexibility index (Phi) is 15.7. The summed E-state index contributed by atoms with van der Waals surface area (Å²) in [5.74, 6) is 1.41. The predicted molar refractivity (Wildman–Crippen MR) is 355 cm³/mol. The number of ether oxygens (including phenoxy) is 1. The zero-order valence-electron chi connectivity index (χ0n) is 49.7. The number of anilines is 3. The largest absolute Gasteiger partial charge is 0.374 e. The fourth-order valence-corrected chi connectivity index (χ4v) is 14.9. The van der Waals surface area contributed by atoms with Crippen LogP contribution in [0.15, 0.2) is 272 Å². The number of likely N-dealkylation sites (tertiary alicyclic amines) is 1. The van der Waals surface area contributed by atoms with Gasteiger partial charge in [0.2, 0.25) is 0 Å². The molecule has 6 aliphatic carbocycles. The van der Waals surface area contributed by atoms with E-state index in [0.29, 0.717) is 29.8 Å². The van der Waals surface area contributed by atoms with Gasteiger partial charge in [-0.3, -0.25) is 0 Å². The van der Waals surface area contributed by atoms with E-state index in [1.807, 2.05) is 6.08 Å². The lowest BCUT2D eigenvalue weighted by Gasteiger charge is -2.36. The fraction of sp³-hybridized carbons (Fsp3) is 0.284. The van der Waals surface area contributed by atoms with Crippen molar-refractivity contribution in [2.45, 2.75) is 120 Å². The van der Waals surface area contributed by atoms with Gasteiger partial charge in [-0.05, 0) is 178 Å². The second-order valence-electron chi connectivity index (χ2n) is 25.5. The van der Waals surface area contributed by atoms with E-state index in [2.05, 4.69) is 274 Å². The van der Waals surface area contributed by atoms with E-state index >= 15 is 0 Å². The quantitative estimate of drug-likeness (QED) is 0.0630. The van der Waals surface area contributed by atoms with Crippen molar-refractivity contribution in [1.82, 2.24) is 4.90 Å². The monoisotopic (exact) mass is 1100 g/mol. The molecular formula is C81H82N2O. The zero-order valence-corrected chi connectivity index (χ0v) is 49.7. The first-order chi connectivity index (χ1) is 41.2. The van der Waals surface area contributed by atoms with Crippen LogP contribution in [0.25, 0.3) is 27.8 Å². The molecule has 7 aliphatic rings. The molecule has 6 aromatic rings. The van der Waals surface area contributed by atoms with Crippen molar-refractivity contribution in [2.75, 3.05) is 11.5 Å². The Hall–Kier alpha value is -7.98. The number of allylic oxidation sites excluding steroid dienone is 14. The van der Waals surface area contributed by atoms with Crippen LogP contribution < -0.4 is 4.90 Å². The number of benzene rings is 6. The lowest BCUT2D eigenvalue weighted by atomic mass is 9.69. The Labute approximate surface area is 501 Å². The second-order valence-corrected chi connectivity index (χ2v) is 25.5. The van der Waals surface area contributed by atoms with Crippen molar-refractivity contribution >= 4 is 22.6 Å². The van der Waals surface area contributed by atoms with Gasteiger partial charge in [0.1, 0.15) is 0 Å². The molecule has 1 aliphatic heterocycles. The van der Waals surface area contributed by atoms with Crippen LogP contribution in [-0.4, -0.2) is 29.7 Å². The van der Waals surface area contributed by atoms with Gasteiger partial charge < -0.3 is 14.5 Å². The summed E-state index contributed by atoms with van der Waals surface area (Å²) in [5, 5.41) is 0. The second kappa shape index (κ2) is 23.9. The highest BCUT2D eigenvalue weighted by Crippen LogP contribution is 2.57. The first-order valence-corrected chi connectivity index (χ1v) is 31.4. The lowest BCUT2D eigenvalue weighted by molar-refractivity contribution is 0.0829. The number of hydrogen-bond donors (Lipinski definition) is 0. The predicted octanol–water partition coefficient (Wildman–Crippen LogP) is 20.7. The molecular weight excluding hydrogens is 1020 g/mol. The molecule has 1 fully saturated rings. The standard InChI is InChI=1S/C81H82N2O/c1-6-57-26-30-61(31-27-57)63-38-50-78-74(54-63)75-55-64(39-51-79(75)83(78)67-22-14-11-15-23-67)62-36-44-69(45-37-62)82(68-42-34-60(35-43-68)59-32-40-65(41-33-59)80(3,4)5)70-46-49-73-72-24-16-17-25-76(72)81(77(73)56-70,66-20-12-10-13-21-66)52-18-8-9-19-53-84-71-47-28-58(7-2)29-48-71/h6-7,10-17,20-22,24-25,28-30,32-47,49-51,55-57,67,71,74-75,79H,1-2,8-9,18-19,23,26-27,31,48,52-54H2,3-5H3. The maximum absolute atomic E-state index is 6.32. The van der Waals surface area contributed by atoms with Crippen molar-refractivity contribution in [2.24, 2.45) is 17.8 Å². The third-order valence-corrected chi connectivity index (χ3v) is 19.5. The molecule has 0 amide bonds. The Bertz CT molecular complexity index is 3700. The van der Waals surface area contributed by atoms with Gasteiger partial charge in [0.05, 0.1) is 18.2 Å². The van der Waals surface area contributed by atoms with Crippen LogP contribution in [0.3, 0.4) is 0 Å². The molecule has 3 heteroatoms. The van der Waals surface area contributed by atoms with Gasteiger partial charge in [-0.15, -0.1) is 6.58 Å². The molecule has 0 N–H and O–H groups in total. The Morgan fingerprint density at radius 2 is 1.38 bits per heavy atom. The smallest absolute Gasteiger partial charge is 0.0793 e. The van der Waals surface area contributed by atoms with Crippen LogP contribution >= 0.6 is 0 Å². The average Bonchev–Trinajstić information content (AvgIpc) is 3.58. The number of nitrogens with zero attached hydrogens (tertiary/aromatic N) is 2. The highest BCUT2D eigenvalue weighted by Gasteiger charge is 2.48. The van der Waals surface area contributed by atoms with Gasteiger partial charge >= 0.3 is 0 Å². The van der Waals surface area contributed by atoms with Crippen LogP contribution in [-0.2, 0) is 15.6 Å². The summed E-state index contributed by atoms with van der Waals surface area (Å²) in [5.41, 5.74) is 22.2. The number of fused-ring (bicyclic) bond motifs is 6. The molecule has 0 spiro atoms. The minimum absolute atomic E-state index is 0.0967. The number of hydrogen-bond acceptors (Lipinski definition) is 3. The summed E-state index contributed by atoms with van der Waals surface area (Å²) in [4.78, 5) is 5.26. The van der Waals surface area contributed by atoms with Crippen molar-refractivity contribution in [3.63, 3.8) is 0 Å². The summed E-state index contributed by atoms with van der Waals surface area (Å²) in [6, 6.07) is 56.5. The van der Waals surface area contributed by atoms with Crippen LogP contribution in [0.4, 0.5) is 17.1 Å². The zero-order chi connectivity index (χ0) is 57.2. The van der Waals surface area contributed by atoms with Gasteiger partial charge in [0, 0.05) is 46.6 Å². The molecule has 3 nitrogen and oxygen atoms in total. The fourth-order valence-electron chi connectivity index (χ4n) is 14.9. The van der Waals surface area contributed by atoms with Crippen LogP contribution in [0.1, 0.15) is 119 Å². The third-order valence-electron chi connectivity index (χ3n) is 19.5. The molecule has 0 saturated carbocycles. The van der Waals surface area contributed by atoms with E-state index in [-0.39, 0.29) is 16.9 Å².